The van der Waals surface area contributed by atoms with Crippen LogP contribution in [-0.4, -0.2) is 53.4 Å². The molecule has 2 amide bonds. The molecule has 1 fully saturated rings. The van der Waals surface area contributed by atoms with E-state index in [1.54, 1.807) is 41.5 Å². The molecule has 2 unspecified atom stereocenters. The minimum absolute atomic E-state index is 0.113. The summed E-state index contributed by atoms with van der Waals surface area (Å²) < 4.78 is 16.4. The predicted octanol–water partition coefficient (Wildman–Crippen LogP) is 3.88. The molecule has 1 aliphatic rings. The highest BCUT2D eigenvalue weighted by molar-refractivity contribution is 5.89. The number of piperidine rings is 1. The van der Waals surface area contributed by atoms with Gasteiger partial charge in [0.25, 0.3) is 0 Å². The van der Waals surface area contributed by atoms with E-state index in [-0.39, 0.29) is 13.2 Å². The maximum absolute atomic E-state index is 13.0. The van der Waals surface area contributed by atoms with E-state index in [1.807, 2.05) is 30.3 Å². The molecule has 1 aromatic carbocycles. The van der Waals surface area contributed by atoms with E-state index in [4.69, 9.17) is 14.2 Å². The molecular formula is C23H34N2O6. The van der Waals surface area contributed by atoms with Crippen LogP contribution in [0.4, 0.5) is 9.59 Å². The zero-order valence-electron chi connectivity index (χ0n) is 19.3. The fraction of sp³-hybridized carbons (Fsp3) is 0.609. The molecule has 1 aliphatic heterocycles. The average molecular weight is 435 g/mol. The molecule has 1 N–H and O–H groups in total. The molecule has 0 aromatic heterocycles. The molecule has 0 radical (unpaired) electrons. The molecule has 2 rings (SSSR count). The SMILES string of the molecule is CC(C)(C)OC(=O)N(C(=O)OC(C)(C)C)C1CCNCC1C(=O)OCc1ccccc1. The van der Waals surface area contributed by atoms with Crippen molar-refractivity contribution in [2.24, 2.45) is 5.92 Å². The number of rotatable bonds is 4. The predicted molar refractivity (Wildman–Crippen MR) is 115 cm³/mol. The molecule has 31 heavy (non-hydrogen) atoms. The Bertz CT molecular complexity index is 739. The molecule has 8 nitrogen and oxygen atoms in total. The second kappa shape index (κ2) is 10.1. The molecule has 1 heterocycles. The summed E-state index contributed by atoms with van der Waals surface area (Å²) in [4.78, 5) is 39.8. The van der Waals surface area contributed by atoms with E-state index in [2.05, 4.69) is 5.32 Å². The van der Waals surface area contributed by atoms with Crippen molar-refractivity contribution < 1.29 is 28.6 Å². The summed E-state index contributed by atoms with van der Waals surface area (Å²) in [6.45, 7) is 11.2. The van der Waals surface area contributed by atoms with Gasteiger partial charge >= 0.3 is 18.2 Å². The molecule has 2 atom stereocenters. The van der Waals surface area contributed by atoms with Crippen molar-refractivity contribution in [3.8, 4) is 0 Å². The quantitative estimate of drug-likeness (QED) is 0.568. The zero-order valence-corrected chi connectivity index (χ0v) is 19.3. The maximum atomic E-state index is 13.0. The highest BCUT2D eigenvalue weighted by Gasteiger charge is 2.44. The van der Waals surface area contributed by atoms with Crippen LogP contribution in [0, 0.1) is 5.92 Å². The van der Waals surface area contributed by atoms with Crippen LogP contribution >= 0.6 is 0 Å². The molecule has 1 saturated heterocycles. The normalized spacial score (nSPS) is 19.3. The molecule has 8 heteroatoms. The lowest BCUT2D eigenvalue weighted by atomic mass is 9.92. The molecule has 0 bridgehead atoms. The Morgan fingerprint density at radius 3 is 2.03 bits per heavy atom. The third-order valence-electron chi connectivity index (χ3n) is 4.48. The van der Waals surface area contributed by atoms with Gasteiger partial charge in [0, 0.05) is 6.54 Å². The summed E-state index contributed by atoms with van der Waals surface area (Å²) >= 11 is 0. The summed E-state index contributed by atoms with van der Waals surface area (Å²) in [7, 11) is 0. The van der Waals surface area contributed by atoms with Gasteiger partial charge in [0.05, 0.1) is 12.0 Å². The van der Waals surface area contributed by atoms with Crippen LogP contribution in [0.3, 0.4) is 0 Å². The standard InChI is InChI=1S/C23H34N2O6/c1-22(2,3)30-20(27)25(21(28)31-23(4,5)6)18-12-13-24-14-17(18)19(26)29-15-16-10-8-7-9-11-16/h7-11,17-18,24H,12-15H2,1-6H3. The zero-order chi connectivity index (χ0) is 23.2. The number of carbonyl (C=O) groups is 3. The van der Waals surface area contributed by atoms with Crippen LogP contribution in [0.15, 0.2) is 30.3 Å². The molecule has 172 valence electrons. The van der Waals surface area contributed by atoms with Crippen LogP contribution in [0.2, 0.25) is 0 Å². The Hall–Kier alpha value is -2.61. The van der Waals surface area contributed by atoms with E-state index in [1.165, 1.54) is 0 Å². The van der Waals surface area contributed by atoms with Crippen molar-refractivity contribution in [3.05, 3.63) is 35.9 Å². The van der Waals surface area contributed by atoms with Crippen LogP contribution in [0.25, 0.3) is 0 Å². The third kappa shape index (κ3) is 7.86. The lowest BCUT2D eigenvalue weighted by Crippen LogP contribution is -2.58. The van der Waals surface area contributed by atoms with Gasteiger partial charge in [-0.15, -0.1) is 0 Å². The molecule has 0 aliphatic carbocycles. The Kier molecular flexibility index (Phi) is 8.06. The first kappa shape index (κ1) is 24.7. The summed E-state index contributed by atoms with van der Waals surface area (Å²) in [5.41, 5.74) is -0.770. The van der Waals surface area contributed by atoms with Gasteiger partial charge in [0.2, 0.25) is 0 Å². The highest BCUT2D eigenvalue weighted by atomic mass is 16.6. The number of imide groups is 1. The Morgan fingerprint density at radius 1 is 0.968 bits per heavy atom. The van der Waals surface area contributed by atoms with E-state index >= 15 is 0 Å². The van der Waals surface area contributed by atoms with Crippen molar-refractivity contribution in [1.29, 1.82) is 0 Å². The average Bonchev–Trinajstić information content (AvgIpc) is 2.64. The van der Waals surface area contributed by atoms with E-state index in [0.29, 0.717) is 13.0 Å². The van der Waals surface area contributed by atoms with Gasteiger partial charge in [0.15, 0.2) is 0 Å². The summed E-state index contributed by atoms with van der Waals surface area (Å²) in [6, 6.07) is 8.58. The van der Waals surface area contributed by atoms with Crippen molar-refractivity contribution in [3.63, 3.8) is 0 Å². The van der Waals surface area contributed by atoms with Crippen molar-refractivity contribution in [2.75, 3.05) is 13.1 Å². The second-order valence-corrected chi connectivity index (χ2v) is 9.59. The Morgan fingerprint density at radius 2 is 1.52 bits per heavy atom. The number of esters is 1. The van der Waals surface area contributed by atoms with Crippen molar-refractivity contribution in [2.45, 2.75) is 71.8 Å². The third-order valence-corrected chi connectivity index (χ3v) is 4.48. The summed E-state index contributed by atoms with van der Waals surface area (Å²) in [6.07, 6.45) is -1.30. The number of hydrogen-bond donors (Lipinski definition) is 1. The van der Waals surface area contributed by atoms with Crippen molar-refractivity contribution in [1.82, 2.24) is 10.2 Å². The number of nitrogens with one attached hydrogen (secondary N) is 1. The van der Waals surface area contributed by atoms with Gasteiger partial charge in [0.1, 0.15) is 17.8 Å². The lowest BCUT2D eigenvalue weighted by Gasteiger charge is -2.38. The number of carbonyl (C=O) groups excluding carboxylic acids is 3. The minimum Gasteiger partial charge on any atom is -0.461 e. The smallest absolute Gasteiger partial charge is 0.420 e. The molecule has 0 saturated carbocycles. The van der Waals surface area contributed by atoms with Gasteiger partial charge < -0.3 is 19.5 Å². The fourth-order valence-electron chi connectivity index (χ4n) is 3.20. The van der Waals surface area contributed by atoms with Crippen LogP contribution in [0.5, 0.6) is 0 Å². The minimum atomic E-state index is -0.838. The van der Waals surface area contributed by atoms with E-state index < -0.39 is 41.3 Å². The monoisotopic (exact) mass is 434 g/mol. The first-order valence-corrected chi connectivity index (χ1v) is 10.5. The topological polar surface area (TPSA) is 94.2 Å². The summed E-state index contributed by atoms with van der Waals surface area (Å²) in [5, 5.41) is 3.14. The van der Waals surface area contributed by atoms with Gasteiger partial charge in [-0.05, 0) is 60.1 Å². The van der Waals surface area contributed by atoms with E-state index in [0.717, 1.165) is 10.5 Å². The van der Waals surface area contributed by atoms with Crippen LogP contribution in [-0.2, 0) is 25.6 Å². The fourth-order valence-corrected chi connectivity index (χ4v) is 3.20. The molecule has 0 spiro atoms. The van der Waals surface area contributed by atoms with Gasteiger partial charge in [-0.1, -0.05) is 30.3 Å². The van der Waals surface area contributed by atoms with E-state index in [9.17, 15) is 14.4 Å². The first-order chi connectivity index (χ1) is 14.4. The Labute approximate surface area is 184 Å². The lowest BCUT2D eigenvalue weighted by molar-refractivity contribution is -0.152. The number of benzene rings is 1. The highest BCUT2D eigenvalue weighted by Crippen LogP contribution is 2.25. The van der Waals surface area contributed by atoms with Gasteiger partial charge in [-0.25, -0.2) is 14.5 Å². The Balaban J connectivity index is 2.24. The van der Waals surface area contributed by atoms with Gasteiger partial charge in [-0.3, -0.25) is 4.79 Å². The summed E-state index contributed by atoms with van der Waals surface area (Å²) in [5.74, 6) is -1.23. The molecule has 1 aromatic rings. The molecular weight excluding hydrogens is 400 g/mol. The number of amides is 2. The van der Waals surface area contributed by atoms with Gasteiger partial charge in [-0.2, -0.15) is 0 Å². The van der Waals surface area contributed by atoms with Crippen LogP contribution < -0.4 is 5.32 Å². The number of hydrogen-bond acceptors (Lipinski definition) is 7. The first-order valence-electron chi connectivity index (χ1n) is 10.5. The number of ether oxygens (including phenoxy) is 3. The second-order valence-electron chi connectivity index (χ2n) is 9.59. The maximum Gasteiger partial charge on any atom is 0.420 e. The number of nitrogens with zero attached hydrogens (tertiary/aromatic N) is 1. The van der Waals surface area contributed by atoms with Crippen LogP contribution in [0.1, 0.15) is 53.5 Å². The van der Waals surface area contributed by atoms with Crippen molar-refractivity contribution >= 4 is 18.2 Å². The largest absolute Gasteiger partial charge is 0.461 e.